The van der Waals surface area contributed by atoms with Gasteiger partial charge in [0, 0.05) is 53.7 Å². The molecule has 0 saturated heterocycles. The Morgan fingerprint density at radius 3 is 1.39 bits per heavy atom. The Bertz CT molecular complexity index is 572. The molecule has 0 spiro atoms. The summed E-state index contributed by atoms with van der Waals surface area (Å²) < 4.78 is 0. The van der Waals surface area contributed by atoms with E-state index in [1.54, 1.807) is 36.7 Å². The smallest absolute Gasteiger partial charge is 0.124 e. The van der Waals surface area contributed by atoms with Crippen LogP contribution < -0.4 is 0 Å². The maximum Gasteiger partial charge on any atom is 0.124 e. The summed E-state index contributed by atoms with van der Waals surface area (Å²) in [4.78, 5) is 8.04. The van der Waals surface area contributed by atoms with Crippen LogP contribution in [0.4, 0.5) is 0 Å². The number of phenolic OH excluding ortho intramolecular Hbond substituents is 2. The number of aromatic hydroxyl groups is 2. The average Bonchev–Trinajstić information content (AvgIpc) is 2.54. The number of hydrogen-bond acceptors (Lipinski definition) is 4. The minimum absolute atomic E-state index is 0. The van der Waals surface area contributed by atoms with Crippen LogP contribution in [-0.4, -0.2) is 35.7 Å². The summed E-state index contributed by atoms with van der Waals surface area (Å²) in [6, 6.07) is 14.3. The summed E-state index contributed by atoms with van der Waals surface area (Å²) in [5.74, 6) is 0.564. The molecule has 2 N–H and O–H groups in total. The van der Waals surface area contributed by atoms with Gasteiger partial charge in [0.25, 0.3) is 0 Å². The Morgan fingerprint density at radius 2 is 1.09 bits per heavy atom. The number of rotatable bonds is 4. The van der Waals surface area contributed by atoms with Crippen molar-refractivity contribution < 1.29 is 27.3 Å². The van der Waals surface area contributed by atoms with Gasteiger partial charge in [-0.05, 0) is 38.1 Å². The van der Waals surface area contributed by atoms with Gasteiger partial charge in [0.05, 0.1) is 0 Å². The second-order valence-corrected chi connectivity index (χ2v) is 4.37. The molecular formula is C18H22CuN2O2. The van der Waals surface area contributed by atoms with Crippen LogP contribution in [0, 0.1) is 0 Å². The van der Waals surface area contributed by atoms with E-state index in [1.165, 1.54) is 0 Å². The van der Waals surface area contributed by atoms with Crippen LogP contribution in [0.15, 0.2) is 58.5 Å². The fraction of sp³-hybridized carbons (Fsp3) is 0.222. The number of aliphatic imine (C=N–C) groups is 2. The largest absolute Gasteiger partial charge is 0.507 e. The first-order valence-corrected chi connectivity index (χ1v) is 7.24. The van der Waals surface area contributed by atoms with Crippen LogP contribution in [0.1, 0.15) is 25.0 Å². The van der Waals surface area contributed by atoms with Gasteiger partial charge < -0.3 is 10.2 Å². The van der Waals surface area contributed by atoms with Gasteiger partial charge in [-0.25, -0.2) is 0 Å². The van der Waals surface area contributed by atoms with Crippen LogP contribution >= 0.6 is 0 Å². The zero-order valence-corrected chi connectivity index (χ0v) is 14.2. The number of phenols is 2. The van der Waals surface area contributed by atoms with Crippen molar-refractivity contribution in [2.45, 2.75) is 13.8 Å². The maximum absolute atomic E-state index is 9.25. The molecule has 127 valence electrons. The van der Waals surface area contributed by atoms with Crippen LogP contribution in [0.2, 0.25) is 0 Å². The van der Waals surface area contributed by atoms with Crippen molar-refractivity contribution in [3.05, 3.63) is 59.7 Å². The van der Waals surface area contributed by atoms with Gasteiger partial charge in [0.1, 0.15) is 11.5 Å². The van der Waals surface area contributed by atoms with Crippen LogP contribution in [0.25, 0.3) is 0 Å². The van der Waals surface area contributed by atoms with Crippen molar-refractivity contribution in [2.24, 2.45) is 9.98 Å². The van der Waals surface area contributed by atoms with Crippen molar-refractivity contribution in [1.29, 1.82) is 0 Å². The fourth-order valence-electron chi connectivity index (χ4n) is 1.57. The predicted octanol–water partition coefficient (Wildman–Crippen LogP) is 3.66. The van der Waals surface area contributed by atoms with Crippen LogP contribution in [0.5, 0.6) is 11.5 Å². The average molecular weight is 362 g/mol. The number of nitrogens with zero attached hydrogens (tertiary/aromatic N) is 2. The molecule has 1 radical (unpaired) electrons. The van der Waals surface area contributed by atoms with Crippen molar-refractivity contribution in [3.63, 3.8) is 0 Å². The second-order valence-electron chi connectivity index (χ2n) is 4.37. The summed E-state index contributed by atoms with van der Waals surface area (Å²) in [7, 11) is 0. The summed E-state index contributed by atoms with van der Waals surface area (Å²) in [5, 5.41) is 18.5. The van der Waals surface area contributed by atoms with Crippen LogP contribution in [-0.2, 0) is 17.1 Å². The van der Waals surface area contributed by atoms with Gasteiger partial charge in [0.2, 0.25) is 0 Å². The molecule has 2 rings (SSSR count). The molecule has 0 bridgehead atoms. The Labute approximate surface area is 148 Å². The molecule has 0 aliphatic rings. The Morgan fingerprint density at radius 1 is 0.739 bits per heavy atom. The minimum atomic E-state index is 0. The van der Waals surface area contributed by atoms with Crippen molar-refractivity contribution in [2.75, 3.05) is 13.1 Å². The van der Waals surface area contributed by atoms with Gasteiger partial charge >= 0.3 is 0 Å². The van der Waals surface area contributed by atoms with Gasteiger partial charge in [-0.2, -0.15) is 0 Å². The Balaban J connectivity index is 0.000000403. The third kappa shape index (κ3) is 8.19. The molecule has 0 unspecified atom stereocenters. The van der Waals surface area contributed by atoms with E-state index in [4.69, 9.17) is 0 Å². The number of para-hydroxylation sites is 2. The van der Waals surface area contributed by atoms with Crippen molar-refractivity contribution in [3.8, 4) is 11.5 Å². The van der Waals surface area contributed by atoms with E-state index in [1.807, 2.05) is 38.1 Å². The van der Waals surface area contributed by atoms with E-state index < -0.39 is 0 Å². The van der Waals surface area contributed by atoms with Crippen molar-refractivity contribution >= 4 is 12.4 Å². The standard InChI is InChI=1S/2C9H11NO.Cu/c2*1-2-10-7-8-5-3-4-6-9(8)11;/h2*3-7,11H,2H2,1H3;. The molecule has 0 aliphatic heterocycles. The third-order valence-electron chi connectivity index (χ3n) is 2.70. The van der Waals surface area contributed by atoms with Crippen molar-refractivity contribution in [1.82, 2.24) is 0 Å². The molecule has 0 aliphatic carbocycles. The summed E-state index contributed by atoms with van der Waals surface area (Å²) >= 11 is 0. The SMILES string of the molecule is CCN=Cc1ccccc1O.CCN=Cc1ccccc1O.[Cu]. The van der Waals surface area contributed by atoms with E-state index in [0.717, 1.165) is 24.2 Å². The fourth-order valence-corrected chi connectivity index (χ4v) is 1.57. The summed E-state index contributed by atoms with van der Waals surface area (Å²) in [5.41, 5.74) is 1.55. The zero-order chi connectivity index (χ0) is 16.2. The Kier molecular flexibility index (Phi) is 11.3. The van der Waals surface area contributed by atoms with Gasteiger partial charge in [-0.3, -0.25) is 9.98 Å². The molecule has 0 amide bonds. The van der Waals surface area contributed by atoms with E-state index in [0.29, 0.717) is 0 Å². The normalized spacial score (nSPS) is 10.2. The molecule has 2 aromatic rings. The molecule has 0 atom stereocenters. The first kappa shape index (κ1) is 20.9. The molecular weight excluding hydrogens is 340 g/mol. The molecule has 0 aromatic heterocycles. The monoisotopic (exact) mass is 361 g/mol. The molecule has 0 fully saturated rings. The minimum Gasteiger partial charge on any atom is -0.507 e. The number of hydrogen-bond donors (Lipinski definition) is 2. The second kappa shape index (κ2) is 12.4. The topological polar surface area (TPSA) is 65.2 Å². The van der Waals surface area contributed by atoms with Gasteiger partial charge in [-0.15, -0.1) is 0 Å². The molecule has 0 heterocycles. The third-order valence-corrected chi connectivity index (χ3v) is 2.70. The van der Waals surface area contributed by atoms with E-state index in [2.05, 4.69) is 9.98 Å². The molecule has 2 aromatic carbocycles. The summed E-state index contributed by atoms with van der Waals surface area (Å²) in [6.45, 7) is 5.40. The van der Waals surface area contributed by atoms with E-state index >= 15 is 0 Å². The molecule has 5 heteroatoms. The predicted molar refractivity (Wildman–Crippen MR) is 92.5 cm³/mol. The van der Waals surface area contributed by atoms with E-state index in [-0.39, 0.29) is 28.6 Å². The Hall–Kier alpha value is -2.10. The maximum atomic E-state index is 9.25. The number of benzene rings is 2. The summed E-state index contributed by atoms with van der Waals surface area (Å²) in [6.07, 6.45) is 3.35. The van der Waals surface area contributed by atoms with E-state index in [9.17, 15) is 10.2 Å². The zero-order valence-electron chi connectivity index (χ0n) is 13.3. The molecule has 23 heavy (non-hydrogen) atoms. The van der Waals surface area contributed by atoms with Gasteiger partial charge in [0.15, 0.2) is 0 Å². The first-order valence-electron chi connectivity index (χ1n) is 7.24. The van der Waals surface area contributed by atoms with Crippen LogP contribution in [0.3, 0.4) is 0 Å². The first-order chi connectivity index (χ1) is 10.7. The quantitative estimate of drug-likeness (QED) is 0.644. The van der Waals surface area contributed by atoms with Gasteiger partial charge in [-0.1, -0.05) is 24.3 Å². The molecule has 0 saturated carbocycles. The molecule has 4 nitrogen and oxygen atoms in total.